The van der Waals surface area contributed by atoms with Crippen LogP contribution in [0.2, 0.25) is 0 Å². The van der Waals surface area contributed by atoms with Gasteiger partial charge in [0.1, 0.15) is 0 Å². The predicted octanol–water partition coefficient (Wildman–Crippen LogP) is 1.99. The van der Waals surface area contributed by atoms with Crippen LogP contribution in [0.4, 0.5) is 0 Å². The molecule has 2 atom stereocenters. The van der Waals surface area contributed by atoms with Crippen molar-refractivity contribution < 1.29 is 15.0 Å². The molecule has 4 heteroatoms. The summed E-state index contributed by atoms with van der Waals surface area (Å²) >= 11 is 1.51. The number of carboxylic acids is 1. The van der Waals surface area contributed by atoms with Crippen molar-refractivity contribution in [1.29, 1.82) is 0 Å². The van der Waals surface area contributed by atoms with Crippen LogP contribution in [-0.2, 0) is 4.79 Å². The molecule has 0 aromatic carbocycles. The maximum Gasteiger partial charge on any atom is 0.304 e. The SMILES string of the molecule is CC(CC(=O)O)SCC(C)(O)C(C)C. The summed E-state index contributed by atoms with van der Waals surface area (Å²) in [5.74, 6) is -0.0136. The fourth-order valence-electron chi connectivity index (χ4n) is 0.782. The van der Waals surface area contributed by atoms with Crippen LogP contribution in [0.15, 0.2) is 0 Å². The second-order valence-corrected chi connectivity index (χ2v) is 5.66. The Bertz CT molecular complexity index is 190. The standard InChI is InChI=1S/C10H20O3S/c1-7(2)10(4,13)6-14-8(3)5-9(11)12/h7-8,13H,5-6H2,1-4H3,(H,11,12). The van der Waals surface area contributed by atoms with Crippen LogP contribution in [0.3, 0.4) is 0 Å². The molecule has 0 aliphatic carbocycles. The third kappa shape index (κ3) is 5.50. The second-order valence-electron chi connectivity index (χ2n) is 4.23. The van der Waals surface area contributed by atoms with Gasteiger partial charge < -0.3 is 10.2 Å². The van der Waals surface area contributed by atoms with Gasteiger partial charge in [0.05, 0.1) is 12.0 Å². The van der Waals surface area contributed by atoms with Crippen LogP contribution in [-0.4, -0.2) is 32.8 Å². The van der Waals surface area contributed by atoms with E-state index in [0.29, 0.717) is 5.75 Å². The Morgan fingerprint density at radius 3 is 2.29 bits per heavy atom. The van der Waals surface area contributed by atoms with Crippen LogP contribution in [0, 0.1) is 5.92 Å². The van der Waals surface area contributed by atoms with Gasteiger partial charge in [0, 0.05) is 11.0 Å². The number of aliphatic hydroxyl groups is 1. The summed E-state index contributed by atoms with van der Waals surface area (Å²) in [6.45, 7) is 7.58. The lowest BCUT2D eigenvalue weighted by Gasteiger charge is -2.28. The fraction of sp³-hybridized carbons (Fsp3) is 0.900. The highest BCUT2D eigenvalue weighted by molar-refractivity contribution is 7.99. The number of carbonyl (C=O) groups is 1. The smallest absolute Gasteiger partial charge is 0.304 e. The average Bonchev–Trinajstić information content (AvgIpc) is 1.99. The van der Waals surface area contributed by atoms with Crippen molar-refractivity contribution in [2.45, 2.75) is 45.0 Å². The van der Waals surface area contributed by atoms with Gasteiger partial charge in [-0.05, 0) is 12.8 Å². The first-order valence-corrected chi connectivity index (χ1v) is 5.86. The monoisotopic (exact) mass is 220 g/mol. The minimum atomic E-state index is -0.783. The normalized spacial score (nSPS) is 17.9. The minimum Gasteiger partial charge on any atom is -0.481 e. The molecule has 0 rings (SSSR count). The highest BCUT2D eigenvalue weighted by Gasteiger charge is 2.25. The summed E-state index contributed by atoms with van der Waals surface area (Å²) in [4.78, 5) is 10.4. The molecule has 0 radical (unpaired) electrons. The molecule has 0 amide bonds. The number of carboxylic acid groups (broad SMARTS) is 1. The van der Waals surface area contributed by atoms with Gasteiger partial charge in [-0.2, -0.15) is 11.8 Å². The zero-order chi connectivity index (χ0) is 11.4. The first-order valence-electron chi connectivity index (χ1n) is 4.81. The Labute approximate surface area is 89.9 Å². The van der Waals surface area contributed by atoms with E-state index in [2.05, 4.69) is 0 Å². The lowest BCUT2D eigenvalue weighted by molar-refractivity contribution is -0.136. The van der Waals surface area contributed by atoms with Crippen molar-refractivity contribution in [2.75, 3.05) is 5.75 Å². The van der Waals surface area contributed by atoms with E-state index in [9.17, 15) is 9.90 Å². The lowest BCUT2D eigenvalue weighted by Crippen LogP contribution is -2.34. The average molecular weight is 220 g/mol. The summed E-state index contributed by atoms with van der Waals surface area (Å²) in [7, 11) is 0. The summed E-state index contributed by atoms with van der Waals surface area (Å²) in [6.07, 6.45) is 0.152. The molecular formula is C10H20O3S. The Morgan fingerprint density at radius 2 is 1.93 bits per heavy atom. The zero-order valence-corrected chi connectivity index (χ0v) is 10.1. The molecule has 2 N–H and O–H groups in total. The van der Waals surface area contributed by atoms with Crippen molar-refractivity contribution in [2.24, 2.45) is 5.92 Å². The first-order chi connectivity index (χ1) is 6.25. The number of rotatable bonds is 6. The molecule has 14 heavy (non-hydrogen) atoms. The summed E-state index contributed by atoms with van der Waals surface area (Å²) < 4.78 is 0. The molecular weight excluding hydrogens is 200 g/mol. The van der Waals surface area contributed by atoms with Crippen LogP contribution in [0.5, 0.6) is 0 Å². The third-order valence-corrected chi connectivity index (χ3v) is 3.85. The first kappa shape index (κ1) is 13.8. The quantitative estimate of drug-likeness (QED) is 0.718. The van der Waals surface area contributed by atoms with Crippen molar-refractivity contribution in [3.05, 3.63) is 0 Å². The van der Waals surface area contributed by atoms with Gasteiger partial charge >= 0.3 is 5.97 Å². The van der Waals surface area contributed by atoms with Gasteiger partial charge in [0.2, 0.25) is 0 Å². The van der Waals surface area contributed by atoms with Gasteiger partial charge in [-0.15, -0.1) is 0 Å². The van der Waals surface area contributed by atoms with E-state index in [1.165, 1.54) is 11.8 Å². The van der Waals surface area contributed by atoms with E-state index in [1.54, 1.807) is 6.92 Å². The van der Waals surface area contributed by atoms with E-state index in [4.69, 9.17) is 5.11 Å². The molecule has 0 fully saturated rings. The number of hydrogen-bond acceptors (Lipinski definition) is 3. The molecule has 2 unspecified atom stereocenters. The van der Waals surface area contributed by atoms with Crippen molar-refractivity contribution in [3.8, 4) is 0 Å². The van der Waals surface area contributed by atoms with Crippen molar-refractivity contribution in [1.82, 2.24) is 0 Å². The molecule has 0 aromatic rings. The maximum absolute atomic E-state index is 10.4. The van der Waals surface area contributed by atoms with Gasteiger partial charge in [0.25, 0.3) is 0 Å². The molecule has 0 saturated carbocycles. The van der Waals surface area contributed by atoms with E-state index in [-0.39, 0.29) is 17.6 Å². The Kier molecular flexibility index (Phi) is 5.52. The second kappa shape index (κ2) is 5.61. The molecule has 0 heterocycles. The Morgan fingerprint density at radius 1 is 1.43 bits per heavy atom. The van der Waals surface area contributed by atoms with Crippen LogP contribution >= 0.6 is 11.8 Å². The number of thioether (sulfide) groups is 1. The van der Waals surface area contributed by atoms with Crippen molar-refractivity contribution in [3.63, 3.8) is 0 Å². The topological polar surface area (TPSA) is 57.5 Å². The number of hydrogen-bond donors (Lipinski definition) is 2. The maximum atomic E-state index is 10.4. The molecule has 0 aromatic heterocycles. The molecule has 0 aliphatic rings. The van der Waals surface area contributed by atoms with Crippen LogP contribution in [0.25, 0.3) is 0 Å². The van der Waals surface area contributed by atoms with Gasteiger partial charge in [-0.25, -0.2) is 0 Å². The molecule has 0 spiro atoms. The lowest BCUT2D eigenvalue weighted by atomic mass is 9.95. The summed E-state index contributed by atoms with van der Waals surface area (Å²) in [5, 5.41) is 18.5. The minimum absolute atomic E-state index is 0.0534. The molecule has 84 valence electrons. The highest BCUT2D eigenvalue weighted by atomic mass is 32.2. The molecule has 0 aliphatic heterocycles. The third-order valence-electron chi connectivity index (χ3n) is 2.37. The molecule has 0 bridgehead atoms. The molecule has 3 nitrogen and oxygen atoms in total. The summed E-state index contributed by atoms with van der Waals surface area (Å²) in [5.41, 5.74) is -0.711. The Balaban J connectivity index is 3.87. The van der Waals surface area contributed by atoms with Gasteiger partial charge in [-0.3, -0.25) is 4.79 Å². The van der Waals surface area contributed by atoms with Crippen LogP contribution in [0.1, 0.15) is 34.1 Å². The highest BCUT2D eigenvalue weighted by Crippen LogP contribution is 2.25. The van der Waals surface area contributed by atoms with E-state index in [1.807, 2.05) is 20.8 Å². The van der Waals surface area contributed by atoms with Crippen molar-refractivity contribution >= 4 is 17.7 Å². The fourth-order valence-corrected chi connectivity index (χ4v) is 2.00. The Hall–Kier alpha value is -0.220. The van der Waals surface area contributed by atoms with Gasteiger partial charge in [-0.1, -0.05) is 20.8 Å². The summed E-state index contributed by atoms with van der Waals surface area (Å²) in [6, 6.07) is 0. The van der Waals surface area contributed by atoms with E-state index >= 15 is 0 Å². The zero-order valence-electron chi connectivity index (χ0n) is 9.28. The van der Waals surface area contributed by atoms with E-state index in [0.717, 1.165) is 0 Å². The predicted molar refractivity (Wildman–Crippen MR) is 59.6 cm³/mol. The van der Waals surface area contributed by atoms with Crippen LogP contribution < -0.4 is 0 Å². The van der Waals surface area contributed by atoms with E-state index < -0.39 is 11.6 Å². The largest absolute Gasteiger partial charge is 0.481 e. The van der Waals surface area contributed by atoms with Gasteiger partial charge in [0.15, 0.2) is 0 Å². The number of aliphatic carboxylic acids is 1. The molecule has 0 saturated heterocycles.